The third kappa shape index (κ3) is 5.15. The molecule has 4 nitrogen and oxygen atoms in total. The van der Waals surface area contributed by atoms with E-state index in [0.29, 0.717) is 28.2 Å². The van der Waals surface area contributed by atoms with Crippen molar-refractivity contribution in [2.75, 3.05) is 32.0 Å². The maximum absolute atomic E-state index is 12.0. The molecule has 1 aromatic rings. The van der Waals surface area contributed by atoms with Crippen LogP contribution in [0.3, 0.4) is 0 Å². The molecule has 0 radical (unpaired) electrons. The Morgan fingerprint density at radius 2 is 2.05 bits per heavy atom. The molecule has 0 bridgehead atoms. The largest absolute Gasteiger partial charge is 0.325 e. The van der Waals surface area contributed by atoms with Crippen LogP contribution in [0, 0.1) is 0 Å². The second-order valence-electron chi connectivity index (χ2n) is 5.33. The lowest BCUT2D eigenvalue weighted by molar-refractivity contribution is -0.116. The minimum absolute atomic E-state index is 0.0325. The fourth-order valence-corrected chi connectivity index (χ4v) is 2.85. The molecule has 0 aromatic heterocycles. The van der Waals surface area contributed by atoms with E-state index < -0.39 is 0 Å². The minimum Gasteiger partial charge on any atom is -0.325 e. The van der Waals surface area contributed by atoms with Crippen LogP contribution in [0.5, 0.6) is 0 Å². The zero-order valence-electron chi connectivity index (χ0n) is 12.2. The first kappa shape index (κ1) is 16.6. The van der Waals surface area contributed by atoms with Crippen LogP contribution in [0.2, 0.25) is 10.0 Å². The lowest BCUT2D eigenvalue weighted by atomic mass is 10.1. The van der Waals surface area contributed by atoms with Gasteiger partial charge in [0.25, 0.3) is 0 Å². The van der Waals surface area contributed by atoms with E-state index in [4.69, 9.17) is 23.2 Å². The quantitative estimate of drug-likeness (QED) is 0.872. The average molecular weight is 330 g/mol. The summed E-state index contributed by atoms with van der Waals surface area (Å²) in [6, 6.07) is 5.66. The normalized spacial score (nSPS) is 16.9. The molecule has 0 aliphatic carbocycles. The monoisotopic (exact) mass is 329 g/mol. The number of anilines is 1. The predicted octanol–water partition coefficient (Wildman–Crippen LogP) is 3.01. The number of nitrogens with one attached hydrogen (secondary N) is 2. The van der Waals surface area contributed by atoms with Crippen molar-refractivity contribution in [1.29, 1.82) is 0 Å². The standard InChI is InChI=1S/C15H21Cl2N3O/c1-18-12-4-7-20(8-5-12)9-6-15(21)19-14-10-11(16)2-3-13(14)17/h2-3,10,12,18H,4-9H2,1H3,(H,19,21). The third-order valence-electron chi connectivity index (χ3n) is 3.85. The Morgan fingerprint density at radius 1 is 1.33 bits per heavy atom. The first-order valence-corrected chi connectivity index (χ1v) is 7.98. The molecule has 1 aliphatic heterocycles. The van der Waals surface area contributed by atoms with Gasteiger partial charge in [-0.05, 0) is 51.2 Å². The number of benzene rings is 1. The summed E-state index contributed by atoms with van der Waals surface area (Å²) in [7, 11) is 2.00. The van der Waals surface area contributed by atoms with E-state index in [2.05, 4.69) is 15.5 Å². The highest BCUT2D eigenvalue weighted by molar-refractivity contribution is 6.35. The summed E-state index contributed by atoms with van der Waals surface area (Å²) in [6.45, 7) is 2.86. The fraction of sp³-hybridized carbons (Fsp3) is 0.533. The Kier molecular flexibility index (Phi) is 6.30. The Morgan fingerprint density at radius 3 is 2.71 bits per heavy atom. The van der Waals surface area contributed by atoms with Crippen molar-refractivity contribution in [2.24, 2.45) is 0 Å². The van der Waals surface area contributed by atoms with Crippen LogP contribution >= 0.6 is 23.2 Å². The van der Waals surface area contributed by atoms with E-state index in [9.17, 15) is 4.79 Å². The first-order chi connectivity index (χ1) is 10.1. The fourth-order valence-electron chi connectivity index (χ4n) is 2.51. The van der Waals surface area contributed by atoms with Crippen LogP contribution in [0.4, 0.5) is 5.69 Å². The van der Waals surface area contributed by atoms with Crippen LogP contribution in [0.1, 0.15) is 19.3 Å². The summed E-state index contributed by atoms with van der Waals surface area (Å²) < 4.78 is 0. The van der Waals surface area contributed by atoms with Crippen molar-refractivity contribution in [1.82, 2.24) is 10.2 Å². The molecule has 1 fully saturated rings. The van der Waals surface area contributed by atoms with Crippen molar-refractivity contribution < 1.29 is 4.79 Å². The lowest BCUT2D eigenvalue weighted by Gasteiger charge is -2.31. The highest BCUT2D eigenvalue weighted by Crippen LogP contribution is 2.25. The zero-order valence-corrected chi connectivity index (χ0v) is 13.7. The van der Waals surface area contributed by atoms with Gasteiger partial charge in [0.15, 0.2) is 0 Å². The van der Waals surface area contributed by atoms with E-state index in [1.165, 1.54) is 0 Å². The number of rotatable bonds is 5. The molecular formula is C15H21Cl2N3O. The topological polar surface area (TPSA) is 44.4 Å². The Labute approximate surface area is 135 Å². The summed E-state index contributed by atoms with van der Waals surface area (Å²) in [5.74, 6) is -0.0325. The molecule has 0 saturated carbocycles. The molecule has 6 heteroatoms. The molecule has 1 aliphatic rings. The van der Waals surface area contributed by atoms with Crippen LogP contribution in [0.25, 0.3) is 0 Å². The van der Waals surface area contributed by atoms with Gasteiger partial charge in [0, 0.05) is 24.0 Å². The number of carbonyl (C=O) groups is 1. The molecule has 0 unspecified atom stereocenters. The number of piperidine rings is 1. The van der Waals surface area contributed by atoms with Gasteiger partial charge in [-0.25, -0.2) is 0 Å². The minimum atomic E-state index is -0.0325. The molecule has 2 rings (SSSR count). The molecule has 1 heterocycles. The van der Waals surface area contributed by atoms with Gasteiger partial charge in [-0.2, -0.15) is 0 Å². The number of hydrogen-bond acceptors (Lipinski definition) is 3. The number of likely N-dealkylation sites (tertiary alicyclic amines) is 1. The molecule has 2 N–H and O–H groups in total. The van der Waals surface area contributed by atoms with Crippen LogP contribution < -0.4 is 10.6 Å². The molecule has 1 aromatic carbocycles. The summed E-state index contributed by atoms with van der Waals surface area (Å²) in [6.07, 6.45) is 2.74. The van der Waals surface area contributed by atoms with Crippen LogP contribution in [-0.2, 0) is 4.79 Å². The van der Waals surface area contributed by atoms with Crippen molar-refractivity contribution in [2.45, 2.75) is 25.3 Å². The van der Waals surface area contributed by atoms with Gasteiger partial charge in [0.05, 0.1) is 10.7 Å². The average Bonchev–Trinajstić information content (AvgIpc) is 2.49. The van der Waals surface area contributed by atoms with E-state index >= 15 is 0 Å². The lowest BCUT2D eigenvalue weighted by Crippen LogP contribution is -2.42. The molecule has 1 saturated heterocycles. The molecule has 116 valence electrons. The van der Waals surface area contributed by atoms with Gasteiger partial charge in [-0.1, -0.05) is 23.2 Å². The second kappa shape index (κ2) is 7.99. The second-order valence-corrected chi connectivity index (χ2v) is 6.17. The summed E-state index contributed by atoms with van der Waals surface area (Å²) >= 11 is 11.9. The van der Waals surface area contributed by atoms with E-state index in [-0.39, 0.29) is 5.91 Å². The number of nitrogens with zero attached hydrogens (tertiary/aromatic N) is 1. The third-order valence-corrected chi connectivity index (χ3v) is 4.42. The Hall–Kier alpha value is -0.810. The van der Waals surface area contributed by atoms with Gasteiger partial charge in [-0.15, -0.1) is 0 Å². The van der Waals surface area contributed by atoms with Crippen LogP contribution in [-0.4, -0.2) is 43.5 Å². The van der Waals surface area contributed by atoms with Crippen molar-refractivity contribution >= 4 is 34.8 Å². The highest BCUT2D eigenvalue weighted by atomic mass is 35.5. The maximum Gasteiger partial charge on any atom is 0.225 e. The maximum atomic E-state index is 12.0. The van der Waals surface area contributed by atoms with Gasteiger partial charge in [0.2, 0.25) is 5.91 Å². The Balaban J connectivity index is 1.76. The highest BCUT2D eigenvalue weighted by Gasteiger charge is 2.18. The smallest absolute Gasteiger partial charge is 0.225 e. The molecule has 1 amide bonds. The molecule has 21 heavy (non-hydrogen) atoms. The number of amides is 1. The van der Waals surface area contributed by atoms with E-state index in [1.54, 1.807) is 18.2 Å². The summed E-state index contributed by atoms with van der Waals surface area (Å²) in [5, 5.41) is 7.18. The molecule has 0 atom stereocenters. The van der Waals surface area contributed by atoms with Gasteiger partial charge in [0.1, 0.15) is 0 Å². The van der Waals surface area contributed by atoms with E-state index in [1.807, 2.05) is 7.05 Å². The molecular weight excluding hydrogens is 309 g/mol. The predicted molar refractivity (Wildman–Crippen MR) is 88.2 cm³/mol. The van der Waals surface area contributed by atoms with Crippen LogP contribution in [0.15, 0.2) is 18.2 Å². The van der Waals surface area contributed by atoms with Gasteiger partial charge >= 0.3 is 0 Å². The van der Waals surface area contributed by atoms with Crippen molar-refractivity contribution in [3.05, 3.63) is 28.2 Å². The number of halogens is 2. The summed E-state index contributed by atoms with van der Waals surface area (Å²) in [5.41, 5.74) is 0.572. The van der Waals surface area contributed by atoms with Gasteiger partial charge < -0.3 is 15.5 Å². The van der Waals surface area contributed by atoms with Gasteiger partial charge in [-0.3, -0.25) is 4.79 Å². The Bertz CT molecular complexity index is 488. The van der Waals surface area contributed by atoms with Crippen molar-refractivity contribution in [3.63, 3.8) is 0 Å². The summed E-state index contributed by atoms with van der Waals surface area (Å²) in [4.78, 5) is 14.3. The van der Waals surface area contributed by atoms with E-state index in [0.717, 1.165) is 32.5 Å². The number of carbonyl (C=O) groups excluding carboxylic acids is 1. The SMILES string of the molecule is CNC1CCN(CCC(=O)Nc2cc(Cl)ccc2Cl)CC1. The first-order valence-electron chi connectivity index (χ1n) is 7.23. The molecule has 0 spiro atoms. The zero-order chi connectivity index (χ0) is 15.2. The van der Waals surface area contributed by atoms with Crippen molar-refractivity contribution in [3.8, 4) is 0 Å². The number of hydrogen-bond donors (Lipinski definition) is 2.